The van der Waals surface area contributed by atoms with Crippen LogP contribution >= 0.6 is 0 Å². The predicted molar refractivity (Wildman–Crippen MR) is 70.3 cm³/mol. The molecular weight excluding hydrogens is 228 g/mol. The molecule has 0 spiro atoms. The monoisotopic (exact) mass is 252 g/mol. The summed E-state index contributed by atoms with van der Waals surface area (Å²) in [6, 6.07) is 0. The predicted octanol–water partition coefficient (Wildman–Crippen LogP) is 1.30. The van der Waals surface area contributed by atoms with Gasteiger partial charge in [-0.1, -0.05) is 0 Å². The number of rotatable bonds is 1. The number of carbonyl (C=O) groups is 2. The zero-order valence-electron chi connectivity index (χ0n) is 11.7. The number of ketones is 1. The maximum atomic E-state index is 12.6. The van der Waals surface area contributed by atoms with E-state index in [1.54, 1.807) is 0 Å². The molecule has 2 aliphatic heterocycles. The summed E-state index contributed by atoms with van der Waals surface area (Å²) in [5.74, 6) is 0.516. The van der Waals surface area contributed by atoms with Crippen LogP contribution in [-0.2, 0) is 9.59 Å². The minimum absolute atomic E-state index is 0.117. The van der Waals surface area contributed by atoms with E-state index in [9.17, 15) is 9.59 Å². The van der Waals surface area contributed by atoms with E-state index in [1.807, 2.05) is 18.7 Å². The van der Waals surface area contributed by atoms with Gasteiger partial charge in [-0.15, -0.1) is 0 Å². The first kappa shape index (κ1) is 13.5. The molecule has 1 amide bonds. The van der Waals surface area contributed by atoms with Gasteiger partial charge in [0.1, 0.15) is 0 Å². The van der Waals surface area contributed by atoms with Crippen molar-refractivity contribution in [3.63, 3.8) is 0 Å². The molecule has 0 saturated carbocycles. The van der Waals surface area contributed by atoms with Crippen LogP contribution < -0.4 is 0 Å². The van der Waals surface area contributed by atoms with Crippen molar-refractivity contribution in [2.45, 2.75) is 45.1 Å². The molecule has 2 aliphatic rings. The summed E-state index contributed by atoms with van der Waals surface area (Å²) in [7, 11) is 2.09. The standard InChI is InChI=1S/C14H24N2O2/c1-14(2)12(17)5-4-8-16(14)13(18)11-6-9-15(3)10-7-11/h11H,4-10H2,1-3H3. The second kappa shape index (κ2) is 5.00. The van der Waals surface area contributed by atoms with Gasteiger partial charge in [-0.3, -0.25) is 9.59 Å². The van der Waals surface area contributed by atoms with Crippen LogP contribution in [0.2, 0.25) is 0 Å². The lowest BCUT2D eigenvalue weighted by Crippen LogP contribution is -2.58. The summed E-state index contributed by atoms with van der Waals surface area (Å²) in [6.45, 7) is 6.49. The highest BCUT2D eigenvalue weighted by molar-refractivity contribution is 5.93. The van der Waals surface area contributed by atoms with Crippen LogP contribution in [0.3, 0.4) is 0 Å². The van der Waals surface area contributed by atoms with Gasteiger partial charge in [0.15, 0.2) is 5.78 Å². The molecule has 2 heterocycles. The minimum Gasteiger partial charge on any atom is -0.330 e. The van der Waals surface area contributed by atoms with Crippen molar-refractivity contribution in [1.29, 1.82) is 0 Å². The van der Waals surface area contributed by atoms with Crippen molar-refractivity contribution in [2.24, 2.45) is 5.92 Å². The fourth-order valence-electron chi connectivity index (χ4n) is 3.00. The van der Waals surface area contributed by atoms with E-state index in [0.717, 1.165) is 38.9 Å². The maximum Gasteiger partial charge on any atom is 0.226 e. The third-order valence-corrected chi connectivity index (χ3v) is 4.48. The number of hydrogen-bond acceptors (Lipinski definition) is 3. The molecule has 0 unspecified atom stereocenters. The lowest BCUT2D eigenvalue weighted by atomic mass is 9.86. The Kier molecular flexibility index (Phi) is 3.76. The average molecular weight is 252 g/mol. The SMILES string of the molecule is CN1CCC(C(=O)N2CCCC(=O)C2(C)C)CC1. The smallest absolute Gasteiger partial charge is 0.226 e. The quantitative estimate of drug-likeness (QED) is 0.706. The molecule has 0 aromatic rings. The molecule has 18 heavy (non-hydrogen) atoms. The third kappa shape index (κ3) is 2.44. The highest BCUT2D eigenvalue weighted by Crippen LogP contribution is 2.28. The van der Waals surface area contributed by atoms with Crippen molar-refractivity contribution >= 4 is 11.7 Å². The molecule has 2 rings (SSSR count). The van der Waals surface area contributed by atoms with Gasteiger partial charge < -0.3 is 9.80 Å². The van der Waals surface area contributed by atoms with Gasteiger partial charge in [0, 0.05) is 18.9 Å². The summed E-state index contributed by atoms with van der Waals surface area (Å²) >= 11 is 0. The number of Topliss-reactive ketones (excluding diaryl/α,β-unsaturated/α-hetero) is 1. The first-order valence-corrected chi connectivity index (χ1v) is 6.96. The Morgan fingerprint density at radius 2 is 1.83 bits per heavy atom. The highest BCUT2D eigenvalue weighted by atomic mass is 16.2. The lowest BCUT2D eigenvalue weighted by Gasteiger charge is -2.43. The van der Waals surface area contributed by atoms with E-state index in [2.05, 4.69) is 11.9 Å². The van der Waals surface area contributed by atoms with Crippen LogP contribution in [0.15, 0.2) is 0 Å². The Bertz CT molecular complexity index is 344. The average Bonchev–Trinajstić information content (AvgIpc) is 2.33. The van der Waals surface area contributed by atoms with Crippen molar-refractivity contribution in [3.05, 3.63) is 0 Å². The van der Waals surface area contributed by atoms with Gasteiger partial charge in [-0.05, 0) is 53.2 Å². The molecule has 2 saturated heterocycles. The second-order valence-corrected chi connectivity index (χ2v) is 6.15. The zero-order valence-corrected chi connectivity index (χ0v) is 11.7. The number of hydrogen-bond donors (Lipinski definition) is 0. The Morgan fingerprint density at radius 1 is 1.22 bits per heavy atom. The van der Waals surface area contributed by atoms with E-state index in [4.69, 9.17) is 0 Å². The fraction of sp³-hybridized carbons (Fsp3) is 0.857. The molecule has 2 fully saturated rings. The van der Waals surface area contributed by atoms with Crippen LogP contribution in [-0.4, -0.2) is 53.7 Å². The fourth-order valence-corrected chi connectivity index (χ4v) is 3.00. The Hall–Kier alpha value is -0.900. The number of nitrogens with zero attached hydrogens (tertiary/aromatic N) is 2. The molecule has 0 radical (unpaired) electrons. The lowest BCUT2D eigenvalue weighted by molar-refractivity contribution is -0.152. The van der Waals surface area contributed by atoms with E-state index in [-0.39, 0.29) is 17.6 Å². The summed E-state index contributed by atoms with van der Waals surface area (Å²) in [6.07, 6.45) is 3.29. The van der Waals surface area contributed by atoms with Crippen LogP contribution in [0.25, 0.3) is 0 Å². The second-order valence-electron chi connectivity index (χ2n) is 6.15. The van der Waals surface area contributed by atoms with Crippen molar-refractivity contribution in [3.8, 4) is 0 Å². The molecule has 4 heteroatoms. The van der Waals surface area contributed by atoms with Gasteiger partial charge >= 0.3 is 0 Å². The Labute approximate surface area is 109 Å². The largest absolute Gasteiger partial charge is 0.330 e. The first-order valence-electron chi connectivity index (χ1n) is 6.96. The number of amides is 1. The van der Waals surface area contributed by atoms with Gasteiger partial charge in [-0.2, -0.15) is 0 Å². The molecule has 102 valence electrons. The molecule has 0 aliphatic carbocycles. The van der Waals surface area contributed by atoms with Crippen LogP contribution in [0, 0.1) is 5.92 Å². The van der Waals surface area contributed by atoms with Gasteiger partial charge in [0.05, 0.1) is 5.54 Å². The molecule has 0 N–H and O–H groups in total. The third-order valence-electron chi connectivity index (χ3n) is 4.48. The molecule has 0 aromatic carbocycles. The van der Waals surface area contributed by atoms with E-state index in [0.29, 0.717) is 6.42 Å². The van der Waals surface area contributed by atoms with Crippen molar-refractivity contribution in [1.82, 2.24) is 9.80 Å². The molecule has 0 aromatic heterocycles. The van der Waals surface area contributed by atoms with E-state index < -0.39 is 5.54 Å². The molecular formula is C14H24N2O2. The highest BCUT2D eigenvalue weighted by Gasteiger charge is 2.42. The molecule has 0 bridgehead atoms. The molecule has 0 atom stereocenters. The summed E-state index contributed by atoms with van der Waals surface area (Å²) in [5.41, 5.74) is -0.599. The Balaban J connectivity index is 2.06. The van der Waals surface area contributed by atoms with E-state index in [1.165, 1.54) is 0 Å². The van der Waals surface area contributed by atoms with E-state index >= 15 is 0 Å². The van der Waals surface area contributed by atoms with Gasteiger partial charge in [-0.25, -0.2) is 0 Å². The maximum absolute atomic E-state index is 12.6. The zero-order chi connectivity index (χ0) is 13.3. The summed E-state index contributed by atoms with van der Waals surface area (Å²) < 4.78 is 0. The summed E-state index contributed by atoms with van der Waals surface area (Å²) in [5, 5.41) is 0. The number of likely N-dealkylation sites (tertiary alicyclic amines) is 2. The Morgan fingerprint density at radius 3 is 2.44 bits per heavy atom. The van der Waals surface area contributed by atoms with Gasteiger partial charge in [0.25, 0.3) is 0 Å². The van der Waals surface area contributed by atoms with Crippen LogP contribution in [0.5, 0.6) is 0 Å². The van der Waals surface area contributed by atoms with Crippen LogP contribution in [0.4, 0.5) is 0 Å². The van der Waals surface area contributed by atoms with Crippen LogP contribution in [0.1, 0.15) is 39.5 Å². The summed E-state index contributed by atoms with van der Waals surface area (Å²) in [4.78, 5) is 28.6. The molecule has 4 nitrogen and oxygen atoms in total. The topological polar surface area (TPSA) is 40.6 Å². The van der Waals surface area contributed by atoms with Gasteiger partial charge in [0.2, 0.25) is 5.91 Å². The first-order chi connectivity index (χ1) is 8.43. The minimum atomic E-state index is -0.599. The van der Waals surface area contributed by atoms with Crippen molar-refractivity contribution in [2.75, 3.05) is 26.7 Å². The number of carbonyl (C=O) groups excluding carboxylic acids is 2. The van der Waals surface area contributed by atoms with Crippen molar-refractivity contribution < 1.29 is 9.59 Å². The number of piperidine rings is 2. The normalized spacial score (nSPS) is 26.4.